The van der Waals surface area contributed by atoms with Crippen molar-refractivity contribution in [1.29, 1.82) is 0 Å². The molecule has 1 amide bonds. The molecule has 1 aromatic rings. The van der Waals surface area contributed by atoms with Gasteiger partial charge in [0.05, 0.1) is 11.3 Å². The van der Waals surface area contributed by atoms with Crippen LogP contribution in [0.25, 0.3) is 0 Å². The molecule has 0 aliphatic carbocycles. The van der Waals surface area contributed by atoms with Gasteiger partial charge in [0, 0.05) is 33.0 Å². The highest BCUT2D eigenvalue weighted by Crippen LogP contribution is 2.35. The zero-order chi connectivity index (χ0) is 19.3. The highest BCUT2D eigenvalue weighted by atomic mass is 19.1. The quantitative estimate of drug-likeness (QED) is 0.791. The molecule has 7 heteroatoms. The van der Waals surface area contributed by atoms with E-state index >= 15 is 0 Å². The van der Waals surface area contributed by atoms with Crippen LogP contribution in [0.4, 0.5) is 4.39 Å². The summed E-state index contributed by atoms with van der Waals surface area (Å²) in [7, 11) is 0. The van der Waals surface area contributed by atoms with Gasteiger partial charge in [-0.1, -0.05) is 12.1 Å². The smallest absolute Gasteiger partial charge is 0.308 e. The van der Waals surface area contributed by atoms with Crippen molar-refractivity contribution in [2.75, 3.05) is 33.0 Å². The number of hydrogen-bond donors (Lipinski definition) is 2. The van der Waals surface area contributed by atoms with Crippen molar-refractivity contribution < 1.29 is 28.6 Å². The van der Waals surface area contributed by atoms with Gasteiger partial charge >= 0.3 is 5.97 Å². The van der Waals surface area contributed by atoms with Crippen molar-refractivity contribution in [2.45, 2.75) is 31.1 Å². The van der Waals surface area contributed by atoms with E-state index in [9.17, 15) is 19.1 Å². The molecule has 0 spiro atoms. The third kappa shape index (κ3) is 4.47. The number of aliphatic carboxylic acids is 1. The number of carboxylic acids is 1. The average molecular weight is 379 g/mol. The van der Waals surface area contributed by atoms with Crippen LogP contribution in [-0.4, -0.2) is 50.0 Å². The number of benzene rings is 1. The zero-order valence-electron chi connectivity index (χ0n) is 15.3. The lowest BCUT2D eigenvalue weighted by molar-refractivity contribution is -0.145. The molecule has 2 heterocycles. The number of hydrogen-bond acceptors (Lipinski definition) is 4. The summed E-state index contributed by atoms with van der Waals surface area (Å²) in [6, 6.07) is 6.08. The number of carbonyl (C=O) groups excluding carboxylic acids is 1. The van der Waals surface area contributed by atoms with Gasteiger partial charge in [-0.3, -0.25) is 9.59 Å². The predicted molar refractivity (Wildman–Crippen MR) is 95.8 cm³/mol. The molecule has 2 aliphatic heterocycles. The molecule has 1 atom stereocenters. The maximum atomic E-state index is 13.8. The fourth-order valence-electron chi connectivity index (χ4n) is 4.10. The van der Waals surface area contributed by atoms with E-state index in [2.05, 4.69) is 5.32 Å². The van der Waals surface area contributed by atoms with Crippen molar-refractivity contribution in [3.63, 3.8) is 0 Å². The largest absolute Gasteiger partial charge is 0.481 e. The zero-order valence-corrected chi connectivity index (χ0v) is 15.3. The van der Waals surface area contributed by atoms with Crippen LogP contribution in [0.15, 0.2) is 24.3 Å². The number of carbonyl (C=O) groups is 2. The first-order valence-electron chi connectivity index (χ1n) is 9.45. The molecular weight excluding hydrogens is 353 g/mol. The topological polar surface area (TPSA) is 84.9 Å². The number of halogens is 1. The van der Waals surface area contributed by atoms with Gasteiger partial charge in [-0.15, -0.1) is 0 Å². The van der Waals surface area contributed by atoms with Gasteiger partial charge in [0.1, 0.15) is 5.82 Å². The molecule has 6 nitrogen and oxygen atoms in total. The standard InChI is InChI=1S/C20H26FNO5/c21-16-3-1-2-15(12-16)20(6-10-27-11-7-20)19(25)22-13-17(18(23)24)14-4-8-26-9-5-14/h1-3,12,14,17H,4-11,13H2,(H,22,25)(H,23,24). The maximum Gasteiger partial charge on any atom is 0.308 e. The number of nitrogens with one attached hydrogen (secondary N) is 1. The summed E-state index contributed by atoms with van der Waals surface area (Å²) in [4.78, 5) is 24.9. The summed E-state index contributed by atoms with van der Waals surface area (Å²) < 4.78 is 24.5. The molecule has 27 heavy (non-hydrogen) atoms. The molecular formula is C20H26FNO5. The van der Waals surface area contributed by atoms with Crippen molar-refractivity contribution in [1.82, 2.24) is 5.32 Å². The van der Waals surface area contributed by atoms with Crippen LogP contribution in [0.1, 0.15) is 31.2 Å². The average Bonchev–Trinajstić information content (AvgIpc) is 2.69. The molecule has 3 rings (SSSR count). The first-order valence-corrected chi connectivity index (χ1v) is 9.45. The molecule has 0 radical (unpaired) electrons. The van der Waals surface area contributed by atoms with Gasteiger partial charge in [0.15, 0.2) is 0 Å². The third-order valence-electron chi connectivity index (χ3n) is 5.79. The molecule has 2 N–H and O–H groups in total. The Hall–Kier alpha value is -1.99. The molecule has 2 aliphatic rings. The number of amides is 1. The molecule has 0 bridgehead atoms. The van der Waals surface area contributed by atoms with Gasteiger partial charge < -0.3 is 19.9 Å². The Morgan fingerprint density at radius 2 is 1.85 bits per heavy atom. The van der Waals surface area contributed by atoms with Crippen LogP contribution in [0.2, 0.25) is 0 Å². The van der Waals surface area contributed by atoms with Crippen LogP contribution in [0, 0.1) is 17.7 Å². The van der Waals surface area contributed by atoms with E-state index in [0.717, 1.165) is 0 Å². The minimum absolute atomic E-state index is 0.0173. The fraction of sp³-hybridized carbons (Fsp3) is 0.600. The lowest BCUT2D eigenvalue weighted by Gasteiger charge is -2.37. The summed E-state index contributed by atoms with van der Waals surface area (Å²) >= 11 is 0. The third-order valence-corrected chi connectivity index (χ3v) is 5.79. The Morgan fingerprint density at radius 3 is 2.48 bits per heavy atom. The van der Waals surface area contributed by atoms with Crippen molar-refractivity contribution in [3.8, 4) is 0 Å². The second kappa shape index (κ2) is 8.80. The van der Waals surface area contributed by atoms with E-state index in [1.165, 1.54) is 12.1 Å². The second-order valence-corrected chi connectivity index (χ2v) is 7.31. The molecule has 1 aromatic carbocycles. The molecule has 2 saturated heterocycles. The Kier molecular flexibility index (Phi) is 6.44. The van der Waals surface area contributed by atoms with Crippen LogP contribution < -0.4 is 5.32 Å². The molecule has 2 fully saturated rings. The van der Waals surface area contributed by atoms with Crippen LogP contribution >= 0.6 is 0 Å². The second-order valence-electron chi connectivity index (χ2n) is 7.31. The first-order chi connectivity index (χ1) is 13.0. The lowest BCUT2D eigenvalue weighted by Crippen LogP contribution is -2.50. The monoisotopic (exact) mass is 379 g/mol. The van der Waals surface area contributed by atoms with E-state index in [1.54, 1.807) is 12.1 Å². The summed E-state index contributed by atoms with van der Waals surface area (Å²) in [5, 5.41) is 12.5. The molecule has 148 valence electrons. The molecule has 0 aromatic heterocycles. The van der Waals surface area contributed by atoms with Gasteiger partial charge in [0.2, 0.25) is 5.91 Å². The Morgan fingerprint density at radius 1 is 1.19 bits per heavy atom. The summed E-state index contributed by atoms with van der Waals surface area (Å²) in [5.74, 6) is -2.22. The molecule has 1 unspecified atom stereocenters. The van der Waals surface area contributed by atoms with Gasteiger partial charge in [0.25, 0.3) is 0 Å². The van der Waals surface area contributed by atoms with Crippen LogP contribution in [0.5, 0.6) is 0 Å². The maximum absolute atomic E-state index is 13.8. The normalized spacial score (nSPS) is 21.4. The Bertz CT molecular complexity index is 668. The predicted octanol–water partition coefficient (Wildman–Crippen LogP) is 2.12. The minimum Gasteiger partial charge on any atom is -0.481 e. The SMILES string of the molecule is O=C(O)C(CNC(=O)C1(c2cccc(F)c2)CCOCC1)C1CCOCC1. The van der Waals surface area contributed by atoms with E-state index in [0.29, 0.717) is 57.7 Å². The summed E-state index contributed by atoms with van der Waals surface area (Å²) in [6.07, 6.45) is 2.24. The Labute approximate surface area is 158 Å². The summed E-state index contributed by atoms with van der Waals surface area (Å²) in [5.41, 5.74) is -0.278. The molecule has 0 saturated carbocycles. The minimum atomic E-state index is -0.908. The van der Waals surface area contributed by atoms with Gasteiger partial charge in [-0.2, -0.15) is 0 Å². The number of carboxylic acid groups (broad SMARTS) is 1. The van der Waals surface area contributed by atoms with Crippen LogP contribution in [-0.2, 0) is 24.5 Å². The number of ether oxygens (including phenoxy) is 2. The Balaban J connectivity index is 1.75. The highest BCUT2D eigenvalue weighted by Gasteiger charge is 2.42. The van der Waals surface area contributed by atoms with E-state index < -0.39 is 23.1 Å². The van der Waals surface area contributed by atoms with Gasteiger partial charge in [-0.25, -0.2) is 4.39 Å². The van der Waals surface area contributed by atoms with Crippen molar-refractivity contribution in [2.24, 2.45) is 11.8 Å². The fourth-order valence-corrected chi connectivity index (χ4v) is 4.10. The van der Waals surface area contributed by atoms with E-state index in [-0.39, 0.29) is 18.4 Å². The van der Waals surface area contributed by atoms with Crippen molar-refractivity contribution >= 4 is 11.9 Å². The van der Waals surface area contributed by atoms with Crippen molar-refractivity contribution in [3.05, 3.63) is 35.6 Å². The summed E-state index contributed by atoms with van der Waals surface area (Å²) in [6.45, 7) is 1.98. The van der Waals surface area contributed by atoms with E-state index in [4.69, 9.17) is 9.47 Å². The first kappa shape index (κ1) is 19.8. The van der Waals surface area contributed by atoms with E-state index in [1.807, 2.05) is 0 Å². The highest BCUT2D eigenvalue weighted by molar-refractivity contribution is 5.88. The number of rotatable bonds is 6. The van der Waals surface area contributed by atoms with Gasteiger partial charge in [-0.05, 0) is 49.3 Å². The lowest BCUT2D eigenvalue weighted by atomic mass is 9.73. The van der Waals surface area contributed by atoms with Crippen LogP contribution in [0.3, 0.4) is 0 Å².